The molecule has 2 atom stereocenters. The molecule has 3 heterocycles. The van der Waals surface area contributed by atoms with Gasteiger partial charge in [0.05, 0.1) is 24.8 Å². The molecule has 3 fully saturated rings. The fraction of sp³-hybridized carbons (Fsp3) is 0.650. The molecule has 30 heavy (non-hydrogen) atoms. The molecule has 2 saturated heterocycles. The SMILES string of the molecule is O=C(NC1CO[C@H]2CN(C(=O)c3cccnc3C(F)(F)F)C[C@@H]2OC1)C1CCCC1. The number of hydrogen-bond acceptors (Lipinski definition) is 5. The highest BCUT2D eigenvalue weighted by atomic mass is 19.4. The molecule has 7 nitrogen and oxygen atoms in total. The van der Waals surface area contributed by atoms with Gasteiger partial charge in [-0.15, -0.1) is 0 Å². The summed E-state index contributed by atoms with van der Waals surface area (Å²) in [4.78, 5) is 29.7. The van der Waals surface area contributed by atoms with Crippen LogP contribution in [0.4, 0.5) is 13.2 Å². The zero-order valence-electron chi connectivity index (χ0n) is 16.4. The second kappa shape index (κ2) is 8.50. The molecule has 2 amide bonds. The predicted molar refractivity (Wildman–Crippen MR) is 98.5 cm³/mol. The van der Waals surface area contributed by atoms with Gasteiger partial charge in [0.1, 0.15) is 12.2 Å². The van der Waals surface area contributed by atoms with Gasteiger partial charge in [-0.05, 0) is 25.0 Å². The number of likely N-dealkylation sites (tertiary alicyclic amines) is 1. The van der Waals surface area contributed by atoms with E-state index in [1.165, 1.54) is 11.0 Å². The van der Waals surface area contributed by atoms with Crippen molar-refractivity contribution in [1.82, 2.24) is 15.2 Å². The van der Waals surface area contributed by atoms with Crippen molar-refractivity contribution in [2.75, 3.05) is 26.3 Å². The quantitative estimate of drug-likeness (QED) is 0.798. The third kappa shape index (κ3) is 4.44. The monoisotopic (exact) mass is 427 g/mol. The van der Waals surface area contributed by atoms with Crippen LogP contribution < -0.4 is 5.32 Å². The predicted octanol–water partition coefficient (Wildman–Crippen LogP) is 2.02. The van der Waals surface area contributed by atoms with Crippen LogP contribution in [-0.2, 0) is 20.4 Å². The van der Waals surface area contributed by atoms with E-state index in [0.29, 0.717) is 0 Å². The number of pyridine rings is 1. The molecule has 10 heteroatoms. The highest BCUT2D eigenvalue weighted by Gasteiger charge is 2.43. The van der Waals surface area contributed by atoms with E-state index < -0.39 is 35.5 Å². The fourth-order valence-electron chi connectivity index (χ4n) is 4.32. The number of nitrogens with one attached hydrogen (secondary N) is 1. The molecule has 164 valence electrons. The van der Waals surface area contributed by atoms with E-state index in [0.717, 1.165) is 37.9 Å². The first-order valence-electron chi connectivity index (χ1n) is 10.2. The average molecular weight is 427 g/mol. The Kier molecular flexibility index (Phi) is 5.97. The number of carbonyl (C=O) groups is 2. The van der Waals surface area contributed by atoms with Crippen LogP contribution in [0, 0.1) is 5.92 Å². The second-order valence-corrected chi connectivity index (χ2v) is 8.04. The summed E-state index contributed by atoms with van der Waals surface area (Å²) < 4.78 is 51.3. The summed E-state index contributed by atoms with van der Waals surface area (Å²) in [6, 6.07) is 2.16. The molecule has 1 aromatic heterocycles. The number of nitrogens with zero attached hydrogens (tertiary/aromatic N) is 2. The highest BCUT2D eigenvalue weighted by Crippen LogP contribution is 2.32. The highest BCUT2D eigenvalue weighted by molar-refractivity contribution is 5.95. The molecule has 1 aromatic rings. The van der Waals surface area contributed by atoms with Gasteiger partial charge in [0.2, 0.25) is 5.91 Å². The number of alkyl halides is 3. The lowest BCUT2D eigenvalue weighted by atomic mass is 10.1. The van der Waals surface area contributed by atoms with Crippen molar-refractivity contribution in [2.24, 2.45) is 5.92 Å². The molecule has 1 N–H and O–H groups in total. The molecule has 1 aliphatic carbocycles. The Balaban J connectivity index is 1.36. The van der Waals surface area contributed by atoms with Gasteiger partial charge in [-0.2, -0.15) is 13.2 Å². The average Bonchev–Trinajstić information content (AvgIpc) is 3.36. The van der Waals surface area contributed by atoms with Gasteiger partial charge < -0.3 is 19.7 Å². The Bertz CT molecular complexity index is 782. The van der Waals surface area contributed by atoms with Crippen molar-refractivity contribution < 1.29 is 32.2 Å². The molecular formula is C20H24F3N3O4. The maximum atomic E-state index is 13.2. The van der Waals surface area contributed by atoms with E-state index in [4.69, 9.17) is 9.47 Å². The van der Waals surface area contributed by atoms with Gasteiger partial charge >= 0.3 is 6.18 Å². The standard InChI is InChI=1S/C20H24F3N3O4/c21-20(22,23)17-14(6-3-7-24-17)19(28)26-8-15-16(9-26)30-11-13(10-29-15)25-18(27)12-4-1-2-5-12/h3,6-7,12-13,15-16H,1-2,4-5,8-11H2,(H,25,27)/t15-,16-/m0/s1. The van der Waals surface area contributed by atoms with Crippen molar-refractivity contribution in [3.8, 4) is 0 Å². The number of carbonyl (C=O) groups excluding carboxylic acids is 2. The number of hydrogen-bond donors (Lipinski definition) is 1. The van der Waals surface area contributed by atoms with Crippen molar-refractivity contribution in [3.05, 3.63) is 29.6 Å². The zero-order chi connectivity index (χ0) is 21.3. The van der Waals surface area contributed by atoms with Crippen LogP contribution in [-0.4, -0.2) is 66.3 Å². The zero-order valence-corrected chi connectivity index (χ0v) is 16.4. The third-order valence-corrected chi connectivity index (χ3v) is 5.90. The number of rotatable bonds is 3. The second-order valence-electron chi connectivity index (χ2n) is 8.04. The maximum absolute atomic E-state index is 13.2. The third-order valence-electron chi connectivity index (χ3n) is 5.90. The van der Waals surface area contributed by atoms with E-state index in [1.54, 1.807) is 0 Å². The Labute approximate surface area is 171 Å². The molecule has 3 aliphatic rings. The van der Waals surface area contributed by atoms with Gasteiger partial charge in [0.15, 0.2) is 5.69 Å². The summed E-state index contributed by atoms with van der Waals surface area (Å²) in [5, 5.41) is 2.97. The van der Waals surface area contributed by atoms with E-state index in [2.05, 4.69) is 10.3 Å². The lowest BCUT2D eigenvalue weighted by Crippen LogP contribution is -2.43. The fourth-order valence-corrected chi connectivity index (χ4v) is 4.32. The molecule has 1 saturated carbocycles. The van der Waals surface area contributed by atoms with Crippen LogP contribution in [0.5, 0.6) is 0 Å². The normalized spacial score (nSPS) is 25.8. The first kappa shape index (κ1) is 21.0. The molecule has 0 radical (unpaired) electrons. The Morgan fingerprint density at radius 1 is 1.10 bits per heavy atom. The molecule has 4 rings (SSSR count). The van der Waals surface area contributed by atoms with E-state index in [1.807, 2.05) is 0 Å². The summed E-state index contributed by atoms with van der Waals surface area (Å²) in [6.45, 7) is 0.725. The molecule has 0 spiro atoms. The van der Waals surface area contributed by atoms with E-state index in [-0.39, 0.29) is 44.2 Å². The first-order chi connectivity index (χ1) is 14.3. The smallest absolute Gasteiger partial charge is 0.371 e. The molecular weight excluding hydrogens is 403 g/mol. The summed E-state index contributed by atoms with van der Waals surface area (Å²) in [5.41, 5.74) is -1.68. The van der Waals surface area contributed by atoms with Crippen LogP contribution in [0.3, 0.4) is 0 Å². The number of ether oxygens (including phenoxy) is 2. The van der Waals surface area contributed by atoms with E-state index in [9.17, 15) is 22.8 Å². The number of fused-ring (bicyclic) bond motifs is 1. The van der Waals surface area contributed by atoms with Gasteiger partial charge in [0, 0.05) is 25.2 Å². The first-order valence-corrected chi connectivity index (χ1v) is 10.2. The minimum atomic E-state index is -4.71. The summed E-state index contributed by atoms with van der Waals surface area (Å²) in [7, 11) is 0. The van der Waals surface area contributed by atoms with Crippen LogP contribution in [0.2, 0.25) is 0 Å². The van der Waals surface area contributed by atoms with Crippen LogP contribution >= 0.6 is 0 Å². The van der Waals surface area contributed by atoms with Crippen LogP contribution in [0.25, 0.3) is 0 Å². The van der Waals surface area contributed by atoms with Gasteiger partial charge in [-0.3, -0.25) is 14.6 Å². The van der Waals surface area contributed by atoms with Crippen LogP contribution in [0.1, 0.15) is 41.7 Å². The minimum Gasteiger partial charge on any atom is -0.371 e. The minimum absolute atomic E-state index is 0.0184. The molecule has 0 unspecified atom stereocenters. The molecule has 0 bridgehead atoms. The van der Waals surface area contributed by atoms with Gasteiger partial charge in [-0.1, -0.05) is 12.8 Å². The lowest BCUT2D eigenvalue weighted by Gasteiger charge is -2.21. The lowest BCUT2D eigenvalue weighted by molar-refractivity contribution is -0.141. The molecule has 0 aromatic carbocycles. The van der Waals surface area contributed by atoms with Gasteiger partial charge in [0.25, 0.3) is 5.91 Å². The van der Waals surface area contributed by atoms with Crippen molar-refractivity contribution >= 4 is 11.8 Å². The largest absolute Gasteiger partial charge is 0.434 e. The maximum Gasteiger partial charge on any atom is 0.434 e. The Morgan fingerprint density at radius 2 is 1.73 bits per heavy atom. The van der Waals surface area contributed by atoms with Crippen molar-refractivity contribution in [3.63, 3.8) is 0 Å². The number of amides is 2. The van der Waals surface area contributed by atoms with Crippen LogP contribution in [0.15, 0.2) is 18.3 Å². The Hall–Kier alpha value is -2.20. The Morgan fingerprint density at radius 3 is 2.33 bits per heavy atom. The van der Waals surface area contributed by atoms with Crippen molar-refractivity contribution in [1.29, 1.82) is 0 Å². The number of halogens is 3. The van der Waals surface area contributed by atoms with Crippen molar-refractivity contribution in [2.45, 2.75) is 50.1 Å². The summed E-state index contributed by atoms with van der Waals surface area (Å²) in [5.74, 6) is -0.685. The van der Waals surface area contributed by atoms with E-state index >= 15 is 0 Å². The van der Waals surface area contributed by atoms with Gasteiger partial charge in [-0.25, -0.2) is 0 Å². The summed E-state index contributed by atoms with van der Waals surface area (Å²) in [6.07, 6.45) is -0.670. The summed E-state index contributed by atoms with van der Waals surface area (Å²) >= 11 is 0. The topological polar surface area (TPSA) is 80.8 Å². The molecule has 2 aliphatic heterocycles. The number of aromatic nitrogens is 1.